The van der Waals surface area contributed by atoms with Crippen molar-refractivity contribution in [2.24, 2.45) is 5.10 Å². The number of hydrazone groups is 1. The van der Waals surface area contributed by atoms with Crippen LogP contribution >= 0.6 is 11.8 Å². The lowest BCUT2D eigenvalue weighted by molar-refractivity contribution is 0.0956. The van der Waals surface area contributed by atoms with Crippen molar-refractivity contribution in [3.8, 4) is 0 Å². The first kappa shape index (κ1) is 19.7. The van der Waals surface area contributed by atoms with E-state index in [1.54, 1.807) is 24.0 Å². The van der Waals surface area contributed by atoms with Gasteiger partial charge in [0.1, 0.15) is 0 Å². The fourth-order valence-electron chi connectivity index (χ4n) is 2.74. The van der Waals surface area contributed by atoms with Crippen molar-refractivity contribution in [3.63, 3.8) is 0 Å². The minimum Gasteiger partial charge on any atom is -0.355 e. The van der Waals surface area contributed by atoms with E-state index in [1.165, 1.54) is 10.5 Å². The van der Waals surface area contributed by atoms with Gasteiger partial charge in [-0.2, -0.15) is 5.10 Å². The van der Waals surface area contributed by atoms with Crippen molar-refractivity contribution in [3.05, 3.63) is 89.0 Å². The zero-order valence-electron chi connectivity index (χ0n) is 16.2. The molecule has 0 aromatic heterocycles. The van der Waals surface area contributed by atoms with E-state index in [-0.39, 0.29) is 5.91 Å². The Morgan fingerprint density at radius 3 is 2.39 bits per heavy atom. The summed E-state index contributed by atoms with van der Waals surface area (Å²) in [4.78, 5) is 13.8. The zero-order valence-corrected chi connectivity index (χ0v) is 17.0. The Hall–Kier alpha value is -3.05. The third kappa shape index (κ3) is 4.81. The SMILES string of the molecule is CSc1ccc(C=NNC(=O)c2ccccc2Nc2cccc(C)c2C)cc1. The highest BCUT2D eigenvalue weighted by Gasteiger charge is 2.11. The molecule has 2 N–H and O–H groups in total. The van der Waals surface area contributed by atoms with Crippen LogP contribution in [0.4, 0.5) is 11.4 Å². The van der Waals surface area contributed by atoms with E-state index in [2.05, 4.69) is 35.8 Å². The van der Waals surface area contributed by atoms with E-state index in [1.807, 2.05) is 60.9 Å². The van der Waals surface area contributed by atoms with E-state index >= 15 is 0 Å². The molecule has 0 unspecified atom stereocenters. The molecule has 3 aromatic rings. The largest absolute Gasteiger partial charge is 0.355 e. The molecule has 0 aliphatic carbocycles. The van der Waals surface area contributed by atoms with Crippen molar-refractivity contribution in [1.29, 1.82) is 0 Å². The molecule has 0 aliphatic heterocycles. The van der Waals surface area contributed by atoms with Gasteiger partial charge in [0, 0.05) is 10.6 Å². The molecule has 0 saturated carbocycles. The number of rotatable bonds is 6. The van der Waals surface area contributed by atoms with Crippen LogP contribution in [-0.2, 0) is 0 Å². The molecule has 0 heterocycles. The lowest BCUT2D eigenvalue weighted by atomic mass is 10.1. The number of amides is 1. The molecule has 3 rings (SSSR count). The van der Waals surface area contributed by atoms with Crippen LogP contribution in [0.2, 0.25) is 0 Å². The first-order valence-corrected chi connectivity index (χ1v) is 10.2. The minimum absolute atomic E-state index is 0.259. The Morgan fingerprint density at radius 2 is 1.64 bits per heavy atom. The predicted molar refractivity (Wildman–Crippen MR) is 119 cm³/mol. The van der Waals surface area contributed by atoms with Crippen molar-refractivity contribution in [2.45, 2.75) is 18.7 Å². The number of hydrogen-bond acceptors (Lipinski definition) is 4. The van der Waals surface area contributed by atoms with E-state index in [0.29, 0.717) is 5.56 Å². The van der Waals surface area contributed by atoms with Gasteiger partial charge in [0.25, 0.3) is 5.91 Å². The number of nitrogens with one attached hydrogen (secondary N) is 2. The molecular formula is C23H23N3OS. The third-order valence-electron chi connectivity index (χ3n) is 4.54. The number of nitrogens with zero attached hydrogens (tertiary/aromatic N) is 1. The molecule has 4 nitrogen and oxygen atoms in total. The zero-order chi connectivity index (χ0) is 19.9. The highest BCUT2D eigenvalue weighted by atomic mass is 32.2. The van der Waals surface area contributed by atoms with Gasteiger partial charge in [0.2, 0.25) is 0 Å². The Labute approximate surface area is 170 Å². The normalized spacial score (nSPS) is 10.8. The third-order valence-corrected chi connectivity index (χ3v) is 5.28. The number of aryl methyl sites for hydroxylation is 1. The first-order valence-electron chi connectivity index (χ1n) is 8.98. The lowest BCUT2D eigenvalue weighted by Gasteiger charge is -2.14. The second-order valence-corrected chi connectivity index (χ2v) is 7.27. The maximum atomic E-state index is 12.6. The molecule has 28 heavy (non-hydrogen) atoms. The molecule has 0 bridgehead atoms. The summed E-state index contributed by atoms with van der Waals surface area (Å²) >= 11 is 1.69. The molecule has 0 atom stereocenters. The van der Waals surface area contributed by atoms with Gasteiger partial charge in [0.15, 0.2) is 0 Å². The van der Waals surface area contributed by atoms with Crippen LogP contribution < -0.4 is 10.7 Å². The monoisotopic (exact) mass is 389 g/mol. The fourth-order valence-corrected chi connectivity index (χ4v) is 3.15. The molecule has 142 valence electrons. The summed E-state index contributed by atoms with van der Waals surface area (Å²) in [6, 6.07) is 21.5. The van der Waals surface area contributed by atoms with Crippen LogP contribution in [0.15, 0.2) is 76.7 Å². The second kappa shape index (κ2) is 9.24. The number of thioether (sulfide) groups is 1. The molecular weight excluding hydrogens is 366 g/mol. The smallest absolute Gasteiger partial charge is 0.273 e. The van der Waals surface area contributed by atoms with Gasteiger partial charge in [-0.25, -0.2) is 5.43 Å². The van der Waals surface area contributed by atoms with Gasteiger partial charge < -0.3 is 5.32 Å². The molecule has 0 saturated heterocycles. The van der Waals surface area contributed by atoms with Crippen LogP contribution in [0.25, 0.3) is 0 Å². The van der Waals surface area contributed by atoms with Crippen molar-refractivity contribution < 1.29 is 4.79 Å². The average molecular weight is 390 g/mol. The molecule has 0 spiro atoms. The topological polar surface area (TPSA) is 53.5 Å². The van der Waals surface area contributed by atoms with Gasteiger partial charge in [0.05, 0.1) is 17.5 Å². The minimum atomic E-state index is -0.259. The summed E-state index contributed by atoms with van der Waals surface area (Å²) in [5, 5.41) is 7.46. The second-order valence-electron chi connectivity index (χ2n) is 6.39. The Morgan fingerprint density at radius 1 is 0.929 bits per heavy atom. The van der Waals surface area contributed by atoms with E-state index in [0.717, 1.165) is 22.5 Å². The van der Waals surface area contributed by atoms with Crippen molar-refractivity contribution in [2.75, 3.05) is 11.6 Å². The number of benzene rings is 3. The lowest BCUT2D eigenvalue weighted by Crippen LogP contribution is -2.19. The molecule has 5 heteroatoms. The van der Waals surface area contributed by atoms with Gasteiger partial charge in [-0.3, -0.25) is 4.79 Å². The van der Waals surface area contributed by atoms with Crippen LogP contribution in [0.3, 0.4) is 0 Å². The maximum Gasteiger partial charge on any atom is 0.273 e. The van der Waals surface area contributed by atoms with Crippen LogP contribution in [0.1, 0.15) is 27.0 Å². The maximum absolute atomic E-state index is 12.6. The number of para-hydroxylation sites is 1. The van der Waals surface area contributed by atoms with Gasteiger partial charge in [-0.15, -0.1) is 11.8 Å². The van der Waals surface area contributed by atoms with E-state index < -0.39 is 0 Å². The standard InChI is InChI=1S/C23H23N3OS/c1-16-7-6-10-21(17(16)2)25-22-9-5-4-8-20(22)23(27)26-24-15-18-11-13-19(28-3)14-12-18/h4-15,25H,1-3H3,(H,26,27). The van der Waals surface area contributed by atoms with Crippen LogP contribution in [0.5, 0.6) is 0 Å². The number of hydrogen-bond donors (Lipinski definition) is 2. The summed E-state index contributed by atoms with van der Waals surface area (Å²) in [5.41, 5.74) is 8.17. The number of anilines is 2. The molecule has 1 amide bonds. The highest BCUT2D eigenvalue weighted by molar-refractivity contribution is 7.98. The van der Waals surface area contributed by atoms with Crippen molar-refractivity contribution in [1.82, 2.24) is 5.43 Å². The Bertz CT molecular complexity index is 997. The van der Waals surface area contributed by atoms with Crippen LogP contribution in [0, 0.1) is 13.8 Å². The fraction of sp³-hybridized carbons (Fsp3) is 0.130. The van der Waals surface area contributed by atoms with Crippen molar-refractivity contribution >= 4 is 35.3 Å². The molecule has 0 fully saturated rings. The van der Waals surface area contributed by atoms with Gasteiger partial charge in [-0.05, 0) is 67.1 Å². The van der Waals surface area contributed by atoms with Gasteiger partial charge in [-0.1, -0.05) is 36.4 Å². The number of carbonyl (C=O) groups excluding carboxylic acids is 1. The first-order chi connectivity index (χ1) is 13.6. The summed E-state index contributed by atoms with van der Waals surface area (Å²) in [6.45, 7) is 4.13. The quantitative estimate of drug-likeness (QED) is 0.331. The van der Waals surface area contributed by atoms with Gasteiger partial charge >= 0.3 is 0 Å². The molecule has 3 aromatic carbocycles. The summed E-state index contributed by atoms with van der Waals surface area (Å²) in [6.07, 6.45) is 3.68. The van der Waals surface area contributed by atoms with E-state index in [4.69, 9.17) is 0 Å². The summed E-state index contributed by atoms with van der Waals surface area (Å²) < 4.78 is 0. The summed E-state index contributed by atoms with van der Waals surface area (Å²) in [5.74, 6) is -0.259. The number of carbonyl (C=O) groups is 1. The van der Waals surface area contributed by atoms with Crippen LogP contribution in [-0.4, -0.2) is 18.4 Å². The average Bonchev–Trinajstić information content (AvgIpc) is 2.72. The Balaban J connectivity index is 1.73. The summed E-state index contributed by atoms with van der Waals surface area (Å²) in [7, 11) is 0. The van der Waals surface area contributed by atoms with E-state index in [9.17, 15) is 4.79 Å². The predicted octanol–water partition coefficient (Wildman–Crippen LogP) is 5.53. The Kier molecular flexibility index (Phi) is 6.50. The highest BCUT2D eigenvalue weighted by Crippen LogP contribution is 2.25. The molecule has 0 aliphatic rings. The molecule has 0 radical (unpaired) electrons.